The minimum absolute atomic E-state index is 0.192. The summed E-state index contributed by atoms with van der Waals surface area (Å²) < 4.78 is 4.50. The van der Waals surface area contributed by atoms with Gasteiger partial charge in [0.2, 0.25) is 5.91 Å². The van der Waals surface area contributed by atoms with Crippen molar-refractivity contribution >= 4 is 17.9 Å². The van der Waals surface area contributed by atoms with Crippen LogP contribution in [0.3, 0.4) is 0 Å². The monoisotopic (exact) mass is 245 g/mol. The quantitative estimate of drug-likeness (QED) is 0.586. The molecule has 0 aliphatic heterocycles. The van der Waals surface area contributed by atoms with Crippen LogP contribution >= 0.6 is 0 Å². The zero-order valence-electron chi connectivity index (χ0n) is 10.2. The highest BCUT2D eigenvalue weighted by Gasteiger charge is 2.07. The molecule has 7 nitrogen and oxygen atoms in total. The average Bonchev–Trinajstić information content (AvgIpc) is 2.25. The van der Waals surface area contributed by atoms with Crippen LogP contribution in [0.25, 0.3) is 0 Å². The molecule has 0 atom stereocenters. The van der Waals surface area contributed by atoms with E-state index in [1.807, 2.05) is 17.3 Å². The maximum absolute atomic E-state index is 11.1. The molecular formula is C10H19N3O4. The number of carbonyl (C=O) groups excluding carboxylic acids is 3. The summed E-state index contributed by atoms with van der Waals surface area (Å²) >= 11 is 0. The number of nitrogens with one attached hydrogen (secondary N) is 1. The van der Waals surface area contributed by atoms with Gasteiger partial charge in [0.1, 0.15) is 0 Å². The van der Waals surface area contributed by atoms with E-state index in [1.54, 1.807) is 0 Å². The molecule has 0 radical (unpaired) electrons. The van der Waals surface area contributed by atoms with Gasteiger partial charge in [0.15, 0.2) is 0 Å². The van der Waals surface area contributed by atoms with E-state index < -0.39 is 11.9 Å². The van der Waals surface area contributed by atoms with Gasteiger partial charge < -0.3 is 15.4 Å². The van der Waals surface area contributed by atoms with Gasteiger partial charge in [-0.25, -0.2) is 4.79 Å². The first-order valence-electron chi connectivity index (χ1n) is 5.30. The lowest BCUT2D eigenvalue weighted by Gasteiger charge is -2.15. The van der Waals surface area contributed by atoms with E-state index in [0.29, 0.717) is 25.9 Å². The fourth-order valence-electron chi connectivity index (χ4n) is 1.20. The molecule has 3 amide bonds. The van der Waals surface area contributed by atoms with Crippen molar-refractivity contribution in [1.82, 2.24) is 10.2 Å². The van der Waals surface area contributed by atoms with Crippen LogP contribution in [0.5, 0.6) is 0 Å². The first-order valence-corrected chi connectivity index (χ1v) is 5.30. The highest BCUT2D eigenvalue weighted by atomic mass is 16.5. The summed E-state index contributed by atoms with van der Waals surface area (Å²) in [6, 6.07) is -0.844. The molecule has 0 bridgehead atoms. The Kier molecular flexibility index (Phi) is 7.70. The third-order valence-electron chi connectivity index (χ3n) is 2.13. The number of esters is 1. The minimum Gasteiger partial charge on any atom is -0.469 e. The molecule has 0 fully saturated rings. The van der Waals surface area contributed by atoms with Gasteiger partial charge in [0, 0.05) is 19.4 Å². The molecule has 0 unspecified atom stereocenters. The third kappa shape index (κ3) is 9.31. The number of hydrogen-bond donors (Lipinski definition) is 2. The number of carbonyl (C=O) groups is 3. The van der Waals surface area contributed by atoms with E-state index in [2.05, 4.69) is 4.74 Å². The average molecular weight is 245 g/mol. The Morgan fingerprint density at radius 2 is 1.88 bits per heavy atom. The zero-order valence-corrected chi connectivity index (χ0v) is 10.2. The maximum Gasteiger partial charge on any atom is 0.318 e. The molecule has 0 aromatic rings. The van der Waals surface area contributed by atoms with E-state index >= 15 is 0 Å². The molecule has 0 aliphatic carbocycles. The number of primary amides is 1. The Bertz CT molecular complexity index is 281. The second-order valence-corrected chi connectivity index (χ2v) is 3.65. The van der Waals surface area contributed by atoms with Crippen LogP contribution in [-0.4, -0.2) is 50.1 Å². The Morgan fingerprint density at radius 3 is 2.41 bits per heavy atom. The van der Waals surface area contributed by atoms with Crippen molar-refractivity contribution in [1.29, 1.82) is 0 Å². The molecule has 0 saturated carbocycles. The van der Waals surface area contributed by atoms with Crippen LogP contribution in [-0.2, 0) is 14.3 Å². The molecule has 98 valence electrons. The van der Waals surface area contributed by atoms with E-state index in [-0.39, 0.29) is 12.4 Å². The van der Waals surface area contributed by atoms with Crippen molar-refractivity contribution in [2.75, 3.05) is 27.2 Å². The predicted octanol–water partition coefficient (Wildman–Crippen LogP) is -0.544. The number of amides is 3. The van der Waals surface area contributed by atoms with Gasteiger partial charge in [-0.2, -0.15) is 0 Å². The summed E-state index contributed by atoms with van der Waals surface area (Å²) in [7, 11) is 3.18. The highest BCUT2D eigenvalue weighted by molar-refractivity contribution is 5.93. The van der Waals surface area contributed by atoms with Crippen LogP contribution in [0.15, 0.2) is 0 Å². The van der Waals surface area contributed by atoms with Gasteiger partial charge in [-0.1, -0.05) is 0 Å². The van der Waals surface area contributed by atoms with E-state index in [4.69, 9.17) is 5.73 Å². The lowest BCUT2D eigenvalue weighted by molar-refractivity contribution is -0.140. The Balaban J connectivity index is 3.58. The van der Waals surface area contributed by atoms with Gasteiger partial charge in [0.25, 0.3) is 0 Å². The van der Waals surface area contributed by atoms with Crippen molar-refractivity contribution in [2.24, 2.45) is 5.73 Å². The summed E-state index contributed by atoms with van der Waals surface area (Å²) in [5.74, 6) is -0.651. The van der Waals surface area contributed by atoms with Crippen LogP contribution in [0, 0.1) is 0 Å². The fraction of sp³-hybridized carbons (Fsp3) is 0.700. The standard InChI is InChI=1S/C10H19N3O4/c1-13(6-3-4-9(15)17-2)7-5-8(14)12-10(11)16/h3-7H2,1-2H3,(H3,11,12,14,16). The number of nitrogens with two attached hydrogens (primary N) is 1. The molecule has 0 rings (SSSR count). The topological polar surface area (TPSA) is 102 Å². The number of rotatable bonds is 7. The van der Waals surface area contributed by atoms with Crippen molar-refractivity contribution < 1.29 is 19.1 Å². The van der Waals surface area contributed by atoms with E-state index in [0.717, 1.165) is 0 Å². The maximum atomic E-state index is 11.1. The molecule has 0 heterocycles. The number of imide groups is 1. The van der Waals surface area contributed by atoms with Crippen molar-refractivity contribution in [3.8, 4) is 0 Å². The molecule has 0 spiro atoms. The summed E-state index contributed by atoms with van der Waals surface area (Å²) in [6.07, 6.45) is 1.21. The SMILES string of the molecule is COC(=O)CCCN(C)CCC(=O)NC(N)=O. The normalized spacial score (nSPS) is 10.1. The number of ether oxygens (including phenoxy) is 1. The highest BCUT2D eigenvalue weighted by Crippen LogP contribution is 1.96. The Morgan fingerprint density at radius 1 is 1.24 bits per heavy atom. The predicted molar refractivity (Wildman–Crippen MR) is 61.1 cm³/mol. The van der Waals surface area contributed by atoms with E-state index in [9.17, 15) is 14.4 Å². The van der Waals surface area contributed by atoms with Crippen molar-refractivity contribution in [2.45, 2.75) is 19.3 Å². The van der Waals surface area contributed by atoms with Crippen LogP contribution in [0.1, 0.15) is 19.3 Å². The molecular weight excluding hydrogens is 226 g/mol. The molecule has 3 N–H and O–H groups in total. The van der Waals surface area contributed by atoms with Crippen LogP contribution in [0.2, 0.25) is 0 Å². The molecule has 0 aromatic carbocycles. The van der Waals surface area contributed by atoms with Crippen LogP contribution < -0.4 is 11.1 Å². The fourth-order valence-corrected chi connectivity index (χ4v) is 1.20. The Hall–Kier alpha value is -1.63. The third-order valence-corrected chi connectivity index (χ3v) is 2.13. The molecule has 0 aromatic heterocycles. The van der Waals surface area contributed by atoms with Gasteiger partial charge in [-0.15, -0.1) is 0 Å². The number of hydrogen-bond acceptors (Lipinski definition) is 5. The summed E-state index contributed by atoms with van der Waals surface area (Å²) in [5.41, 5.74) is 4.79. The van der Waals surface area contributed by atoms with Crippen molar-refractivity contribution in [3.63, 3.8) is 0 Å². The lowest BCUT2D eigenvalue weighted by atomic mass is 10.3. The molecule has 7 heteroatoms. The number of urea groups is 1. The first kappa shape index (κ1) is 15.4. The smallest absolute Gasteiger partial charge is 0.318 e. The molecule has 0 saturated heterocycles. The number of methoxy groups -OCH3 is 1. The van der Waals surface area contributed by atoms with Gasteiger partial charge in [0.05, 0.1) is 7.11 Å². The van der Waals surface area contributed by atoms with Gasteiger partial charge in [-0.05, 0) is 20.0 Å². The van der Waals surface area contributed by atoms with Crippen molar-refractivity contribution in [3.05, 3.63) is 0 Å². The van der Waals surface area contributed by atoms with Gasteiger partial charge >= 0.3 is 12.0 Å². The summed E-state index contributed by atoms with van der Waals surface area (Å²) in [4.78, 5) is 34.2. The van der Waals surface area contributed by atoms with Gasteiger partial charge in [-0.3, -0.25) is 14.9 Å². The summed E-state index contributed by atoms with van der Waals surface area (Å²) in [5, 5.41) is 1.98. The van der Waals surface area contributed by atoms with E-state index in [1.165, 1.54) is 7.11 Å². The largest absolute Gasteiger partial charge is 0.469 e. The first-order chi connectivity index (χ1) is 7.95. The minimum atomic E-state index is -0.844. The Labute approximate surface area is 100 Å². The molecule has 0 aliphatic rings. The molecule has 17 heavy (non-hydrogen) atoms. The second kappa shape index (κ2) is 8.51. The second-order valence-electron chi connectivity index (χ2n) is 3.65. The number of nitrogens with zero attached hydrogens (tertiary/aromatic N) is 1. The lowest BCUT2D eigenvalue weighted by Crippen LogP contribution is -2.36. The summed E-state index contributed by atoms with van der Waals surface area (Å²) in [6.45, 7) is 1.18. The van der Waals surface area contributed by atoms with Crippen LogP contribution in [0.4, 0.5) is 4.79 Å². The zero-order chi connectivity index (χ0) is 13.3.